The third-order valence-corrected chi connectivity index (χ3v) is 2.51. The number of amides is 1. The molecule has 1 aromatic rings. The second-order valence-electron chi connectivity index (χ2n) is 3.71. The lowest BCUT2D eigenvalue weighted by molar-refractivity contribution is -0.116. The van der Waals surface area contributed by atoms with Gasteiger partial charge in [0.1, 0.15) is 0 Å². The first-order valence-corrected chi connectivity index (χ1v) is 4.54. The molecule has 2 rings (SSSR count). The van der Waals surface area contributed by atoms with Gasteiger partial charge in [0, 0.05) is 12.6 Å². The third-order valence-electron chi connectivity index (χ3n) is 2.51. The Bertz CT molecular complexity index is 294. The van der Waals surface area contributed by atoms with Gasteiger partial charge >= 0.3 is 0 Å². The summed E-state index contributed by atoms with van der Waals surface area (Å²) in [5.41, 5.74) is 0.748. The van der Waals surface area contributed by atoms with Crippen LogP contribution in [0, 0.1) is 11.8 Å². The minimum atomic E-state index is 0.0933. The van der Waals surface area contributed by atoms with Gasteiger partial charge in [-0.15, -0.1) is 0 Å². The second-order valence-corrected chi connectivity index (χ2v) is 3.71. The van der Waals surface area contributed by atoms with Crippen molar-refractivity contribution >= 4 is 11.6 Å². The summed E-state index contributed by atoms with van der Waals surface area (Å²) in [4.78, 5) is 11.4. The Morgan fingerprint density at radius 2 is 2.62 bits per heavy atom. The van der Waals surface area contributed by atoms with Gasteiger partial charge in [-0.1, -0.05) is 6.92 Å². The molecule has 4 heteroatoms. The number of aromatic amines is 1. The van der Waals surface area contributed by atoms with Crippen molar-refractivity contribution in [2.75, 3.05) is 5.32 Å². The summed E-state index contributed by atoms with van der Waals surface area (Å²) in [7, 11) is 0. The normalized spacial score (nSPS) is 25.6. The highest BCUT2D eigenvalue weighted by Crippen LogP contribution is 2.40. The topological polar surface area (TPSA) is 57.8 Å². The molecule has 70 valence electrons. The van der Waals surface area contributed by atoms with Crippen LogP contribution in [0.3, 0.4) is 0 Å². The van der Waals surface area contributed by atoms with E-state index in [1.807, 2.05) is 0 Å². The fraction of sp³-hybridized carbons (Fsp3) is 0.556. The Morgan fingerprint density at radius 3 is 3.15 bits per heavy atom. The van der Waals surface area contributed by atoms with Crippen LogP contribution in [-0.4, -0.2) is 16.1 Å². The summed E-state index contributed by atoms with van der Waals surface area (Å²) < 4.78 is 0. The van der Waals surface area contributed by atoms with E-state index in [2.05, 4.69) is 22.4 Å². The SMILES string of the molecule is CC1CC1CC(=O)Nc1cn[nH]c1. The van der Waals surface area contributed by atoms with Crippen molar-refractivity contribution in [2.24, 2.45) is 11.8 Å². The van der Waals surface area contributed by atoms with E-state index >= 15 is 0 Å². The predicted octanol–water partition coefficient (Wildman–Crippen LogP) is 1.39. The zero-order chi connectivity index (χ0) is 9.26. The fourth-order valence-electron chi connectivity index (χ4n) is 1.45. The highest BCUT2D eigenvalue weighted by Gasteiger charge is 2.34. The first-order valence-electron chi connectivity index (χ1n) is 4.54. The molecule has 1 fully saturated rings. The number of anilines is 1. The van der Waals surface area contributed by atoms with Crippen molar-refractivity contribution in [1.82, 2.24) is 10.2 Å². The van der Waals surface area contributed by atoms with E-state index in [1.54, 1.807) is 12.4 Å². The first-order chi connectivity index (χ1) is 6.25. The molecule has 0 aliphatic heterocycles. The third kappa shape index (κ3) is 2.08. The van der Waals surface area contributed by atoms with E-state index in [0.717, 1.165) is 11.6 Å². The van der Waals surface area contributed by atoms with Gasteiger partial charge in [-0.3, -0.25) is 9.89 Å². The summed E-state index contributed by atoms with van der Waals surface area (Å²) in [5.74, 6) is 1.43. The van der Waals surface area contributed by atoms with Crippen molar-refractivity contribution in [2.45, 2.75) is 19.8 Å². The van der Waals surface area contributed by atoms with Crippen LogP contribution in [0.15, 0.2) is 12.4 Å². The molecule has 0 bridgehead atoms. The number of rotatable bonds is 3. The van der Waals surface area contributed by atoms with E-state index in [-0.39, 0.29) is 5.91 Å². The number of H-pyrrole nitrogens is 1. The van der Waals surface area contributed by atoms with Crippen LogP contribution in [0.5, 0.6) is 0 Å². The van der Waals surface area contributed by atoms with Gasteiger partial charge in [0.15, 0.2) is 0 Å². The van der Waals surface area contributed by atoms with Gasteiger partial charge in [-0.25, -0.2) is 0 Å². The average Bonchev–Trinajstić information content (AvgIpc) is 2.61. The van der Waals surface area contributed by atoms with Crippen molar-refractivity contribution in [3.63, 3.8) is 0 Å². The van der Waals surface area contributed by atoms with Crippen molar-refractivity contribution in [3.05, 3.63) is 12.4 Å². The summed E-state index contributed by atoms with van der Waals surface area (Å²) >= 11 is 0. The molecule has 2 atom stereocenters. The zero-order valence-corrected chi connectivity index (χ0v) is 7.58. The molecule has 13 heavy (non-hydrogen) atoms. The number of aromatic nitrogens is 2. The van der Waals surface area contributed by atoms with Gasteiger partial charge < -0.3 is 5.32 Å². The molecule has 0 aromatic carbocycles. The molecule has 2 unspecified atom stereocenters. The van der Waals surface area contributed by atoms with Crippen LogP contribution >= 0.6 is 0 Å². The molecule has 1 aliphatic carbocycles. The van der Waals surface area contributed by atoms with E-state index < -0.39 is 0 Å². The number of carbonyl (C=O) groups excluding carboxylic acids is 1. The summed E-state index contributed by atoms with van der Waals surface area (Å²) in [6, 6.07) is 0. The molecule has 0 radical (unpaired) electrons. The lowest BCUT2D eigenvalue weighted by atomic mass is 10.2. The van der Waals surface area contributed by atoms with Crippen LogP contribution in [0.4, 0.5) is 5.69 Å². The van der Waals surface area contributed by atoms with E-state index in [9.17, 15) is 4.79 Å². The van der Waals surface area contributed by atoms with E-state index in [1.165, 1.54) is 6.42 Å². The number of nitrogens with one attached hydrogen (secondary N) is 2. The molecule has 1 amide bonds. The second kappa shape index (κ2) is 3.20. The highest BCUT2D eigenvalue weighted by atomic mass is 16.1. The average molecular weight is 179 g/mol. The lowest BCUT2D eigenvalue weighted by Crippen LogP contribution is -2.11. The number of nitrogens with zero attached hydrogens (tertiary/aromatic N) is 1. The van der Waals surface area contributed by atoms with E-state index in [0.29, 0.717) is 12.3 Å². The van der Waals surface area contributed by atoms with Gasteiger partial charge in [-0.05, 0) is 18.3 Å². The molecule has 1 aliphatic rings. The molecule has 1 heterocycles. The monoisotopic (exact) mass is 179 g/mol. The van der Waals surface area contributed by atoms with Gasteiger partial charge in [0.25, 0.3) is 0 Å². The molecular formula is C9H13N3O. The maximum Gasteiger partial charge on any atom is 0.224 e. The maximum absolute atomic E-state index is 11.4. The van der Waals surface area contributed by atoms with Gasteiger partial charge in [0.05, 0.1) is 11.9 Å². The van der Waals surface area contributed by atoms with Crippen LogP contribution in [0.2, 0.25) is 0 Å². The number of hydrogen-bond acceptors (Lipinski definition) is 2. The Labute approximate surface area is 76.7 Å². The Hall–Kier alpha value is -1.32. The Morgan fingerprint density at radius 1 is 1.85 bits per heavy atom. The molecular weight excluding hydrogens is 166 g/mol. The molecule has 1 saturated carbocycles. The minimum absolute atomic E-state index is 0.0933. The number of carbonyl (C=O) groups is 1. The van der Waals surface area contributed by atoms with E-state index in [4.69, 9.17) is 0 Å². The van der Waals surface area contributed by atoms with Gasteiger partial charge in [0.2, 0.25) is 5.91 Å². The van der Waals surface area contributed by atoms with Crippen LogP contribution < -0.4 is 5.32 Å². The minimum Gasteiger partial charge on any atom is -0.323 e. The van der Waals surface area contributed by atoms with Crippen molar-refractivity contribution in [3.8, 4) is 0 Å². The number of hydrogen-bond donors (Lipinski definition) is 2. The van der Waals surface area contributed by atoms with Crippen molar-refractivity contribution < 1.29 is 4.79 Å². The predicted molar refractivity (Wildman–Crippen MR) is 49.1 cm³/mol. The Balaban J connectivity index is 1.79. The lowest BCUT2D eigenvalue weighted by Gasteiger charge is -1.99. The van der Waals surface area contributed by atoms with Gasteiger partial charge in [-0.2, -0.15) is 5.10 Å². The smallest absolute Gasteiger partial charge is 0.224 e. The highest BCUT2D eigenvalue weighted by molar-refractivity contribution is 5.90. The largest absolute Gasteiger partial charge is 0.323 e. The molecule has 4 nitrogen and oxygen atoms in total. The molecule has 0 spiro atoms. The fourth-order valence-corrected chi connectivity index (χ4v) is 1.45. The summed E-state index contributed by atoms with van der Waals surface area (Å²) in [6.07, 6.45) is 5.12. The summed E-state index contributed by atoms with van der Waals surface area (Å²) in [6.45, 7) is 2.18. The summed E-state index contributed by atoms with van der Waals surface area (Å²) in [5, 5.41) is 9.17. The first kappa shape index (κ1) is 8.29. The quantitative estimate of drug-likeness (QED) is 0.736. The molecule has 0 saturated heterocycles. The van der Waals surface area contributed by atoms with Crippen molar-refractivity contribution in [1.29, 1.82) is 0 Å². The zero-order valence-electron chi connectivity index (χ0n) is 7.58. The maximum atomic E-state index is 11.4. The molecule has 1 aromatic heterocycles. The van der Waals surface area contributed by atoms with Crippen LogP contribution in [0.25, 0.3) is 0 Å². The van der Waals surface area contributed by atoms with Crippen LogP contribution in [-0.2, 0) is 4.79 Å². The Kier molecular flexibility index (Phi) is 2.04. The molecule has 2 N–H and O–H groups in total. The standard InChI is InChI=1S/C9H13N3O/c1-6-2-7(6)3-9(13)12-8-4-10-11-5-8/h4-7H,2-3H2,1H3,(H,10,11)(H,12,13). The van der Waals surface area contributed by atoms with Crippen LogP contribution in [0.1, 0.15) is 19.8 Å².